The predicted molar refractivity (Wildman–Crippen MR) is 254 cm³/mol. The van der Waals surface area contributed by atoms with Crippen LogP contribution in [0.3, 0.4) is 0 Å². The highest BCUT2D eigenvalue weighted by Gasteiger charge is 2.78. The number of carbonyl (C=O) groups is 6. The van der Waals surface area contributed by atoms with Crippen LogP contribution in [-0.4, -0.2) is 109 Å². The van der Waals surface area contributed by atoms with Crippen molar-refractivity contribution in [1.82, 2.24) is 5.32 Å². The Morgan fingerprint density at radius 1 is 0.826 bits per heavy atom. The highest BCUT2D eigenvalue weighted by Crippen LogP contribution is 2.64. The van der Waals surface area contributed by atoms with Crippen molar-refractivity contribution in [1.29, 1.82) is 0 Å². The number of hydrogen-bond donors (Lipinski definition) is 3. The Morgan fingerprint density at radius 2 is 1.39 bits per heavy atom. The molecule has 0 spiro atoms. The van der Waals surface area contributed by atoms with Crippen LogP contribution in [0.25, 0.3) is 0 Å². The lowest BCUT2D eigenvalue weighted by Gasteiger charge is -2.67. The van der Waals surface area contributed by atoms with Gasteiger partial charge in [0.2, 0.25) is 0 Å². The number of ketones is 1. The van der Waals surface area contributed by atoms with Crippen LogP contribution in [0.1, 0.15) is 107 Å². The lowest BCUT2D eigenvalue weighted by molar-refractivity contribution is -0.346. The summed E-state index contributed by atoms with van der Waals surface area (Å²) in [4.78, 5) is 86.2. The smallest absolute Gasteiger partial charge is 0.338 e. The van der Waals surface area contributed by atoms with Gasteiger partial charge in [-0.1, -0.05) is 101 Å². The summed E-state index contributed by atoms with van der Waals surface area (Å²) in [5, 5.41) is 28.8. The van der Waals surface area contributed by atoms with E-state index in [9.17, 15) is 29.4 Å². The standard InChI is InChI=1S/C53H65NO14Si/c1-30-36(65-48(61)42(68-69(10,11)49(4,5)6)40(33-21-15-12-16-22-33)54-46(59)34-23-17-13-18-24-34)28-53(62)45(66-47(60)35-25-19-14-20-26-35)43-51(9,37(57)27-38-52(43,29-63-38)67-32(3)56)44(58)41(64-31(2)55)39(30)50(53,7)8/h12-26,36-38,40-43,45,57,62H,27-29H2,1-11H3,(H,54,59)/t36-,37-,38+,40-,41+,42+,43?,45-,51+,52-,53+/m1/s1. The predicted octanol–water partition coefficient (Wildman–Crippen LogP) is 6.77. The minimum atomic E-state index is -2.93. The van der Waals surface area contributed by atoms with Crippen molar-refractivity contribution in [2.45, 2.75) is 147 Å². The van der Waals surface area contributed by atoms with Gasteiger partial charge in [0.05, 0.1) is 35.6 Å². The van der Waals surface area contributed by atoms with E-state index in [0.717, 1.165) is 6.92 Å². The highest BCUT2D eigenvalue weighted by atomic mass is 28.4. The number of esters is 4. The Labute approximate surface area is 404 Å². The second-order valence-electron chi connectivity index (χ2n) is 21.2. The summed E-state index contributed by atoms with van der Waals surface area (Å²) < 4.78 is 38.2. The lowest BCUT2D eigenvalue weighted by Crippen LogP contribution is -2.82. The first-order valence-corrected chi connectivity index (χ1v) is 26.3. The van der Waals surface area contributed by atoms with E-state index in [1.54, 1.807) is 99.6 Å². The van der Waals surface area contributed by atoms with Gasteiger partial charge in [-0.15, -0.1) is 0 Å². The lowest BCUT2D eigenvalue weighted by atomic mass is 9.44. The first kappa shape index (κ1) is 51.3. The molecular weight excluding hydrogens is 903 g/mol. The van der Waals surface area contributed by atoms with Crippen molar-refractivity contribution in [2.24, 2.45) is 16.7 Å². The third-order valence-corrected chi connectivity index (χ3v) is 20.1. The SMILES string of the molecule is CC(=O)O[C@@H]1C(=O)[C@]2(C)C([C@@H](OC(=O)c3ccccc3)[C@@]3(O)C[C@@H](OC(=O)[C@@H](O[Si](C)(C)C(C)(C)C)[C@H](NC(=O)c4ccccc4)c4ccccc4)C(C)=C1C3(C)C)[C@@]1(OC(C)=O)CO[C@H]1C[C@H]2O. The molecule has 7 rings (SSSR count). The van der Waals surface area contributed by atoms with Crippen LogP contribution in [-0.2, 0) is 47.3 Å². The number of hydrogen-bond acceptors (Lipinski definition) is 14. The number of carbonyl (C=O) groups excluding carboxylic acids is 6. The van der Waals surface area contributed by atoms with Gasteiger partial charge in [0, 0.05) is 37.7 Å². The van der Waals surface area contributed by atoms with Crippen LogP contribution in [0.15, 0.2) is 102 Å². The van der Waals surface area contributed by atoms with Crippen LogP contribution >= 0.6 is 0 Å². The summed E-state index contributed by atoms with van der Waals surface area (Å²) in [6.07, 6.45) is -9.79. The summed E-state index contributed by atoms with van der Waals surface area (Å²) >= 11 is 0. The number of aliphatic hydroxyl groups excluding tert-OH is 1. The number of aliphatic hydroxyl groups is 2. The average molecular weight is 968 g/mol. The topological polar surface area (TPSA) is 210 Å². The molecule has 1 aliphatic heterocycles. The molecule has 4 aliphatic rings. The Bertz CT molecular complexity index is 2510. The van der Waals surface area contributed by atoms with E-state index in [2.05, 4.69) is 5.32 Å². The van der Waals surface area contributed by atoms with E-state index >= 15 is 9.59 Å². The summed E-state index contributed by atoms with van der Waals surface area (Å²) in [6.45, 7) is 18.2. The van der Waals surface area contributed by atoms with Crippen molar-refractivity contribution in [2.75, 3.05) is 6.61 Å². The maximum Gasteiger partial charge on any atom is 0.338 e. The molecule has 1 saturated heterocycles. The summed E-state index contributed by atoms with van der Waals surface area (Å²) in [5.41, 5.74) is -6.59. The van der Waals surface area contributed by atoms with E-state index in [-0.39, 0.29) is 29.7 Å². The second-order valence-corrected chi connectivity index (χ2v) is 26.0. The van der Waals surface area contributed by atoms with Gasteiger partial charge in [0.15, 0.2) is 31.9 Å². The van der Waals surface area contributed by atoms with Gasteiger partial charge in [-0.25, -0.2) is 9.59 Å². The normalized spacial score (nSPS) is 30.4. The fourth-order valence-electron chi connectivity index (χ4n) is 10.8. The number of benzene rings is 3. The van der Waals surface area contributed by atoms with Crippen LogP contribution in [0.2, 0.25) is 18.1 Å². The van der Waals surface area contributed by atoms with E-state index in [4.69, 9.17) is 28.1 Å². The summed E-state index contributed by atoms with van der Waals surface area (Å²) in [7, 11) is -2.93. The molecule has 2 saturated carbocycles. The molecule has 1 amide bonds. The van der Waals surface area contributed by atoms with Gasteiger partial charge >= 0.3 is 23.9 Å². The molecule has 370 valence electrons. The Kier molecular flexibility index (Phi) is 13.9. The fraction of sp³-hybridized carbons (Fsp3) is 0.509. The van der Waals surface area contributed by atoms with Gasteiger partial charge in [0.1, 0.15) is 23.9 Å². The second kappa shape index (κ2) is 18.7. The molecule has 3 aromatic carbocycles. The van der Waals surface area contributed by atoms with E-state index in [0.29, 0.717) is 11.1 Å². The zero-order valence-corrected chi connectivity index (χ0v) is 42.2. The Morgan fingerprint density at radius 3 is 1.91 bits per heavy atom. The highest BCUT2D eigenvalue weighted by molar-refractivity contribution is 6.74. The first-order chi connectivity index (χ1) is 32.2. The molecule has 0 aromatic heterocycles. The van der Waals surface area contributed by atoms with Gasteiger partial charge in [-0.05, 0) is 73.0 Å². The maximum absolute atomic E-state index is 15.8. The summed E-state index contributed by atoms with van der Waals surface area (Å²) in [6, 6.07) is 24.2. The summed E-state index contributed by atoms with van der Waals surface area (Å²) in [5.74, 6) is -6.32. The van der Waals surface area contributed by atoms with Crippen LogP contribution < -0.4 is 5.32 Å². The van der Waals surface area contributed by atoms with Gasteiger partial charge in [0.25, 0.3) is 5.91 Å². The van der Waals surface area contributed by atoms with Crippen molar-refractivity contribution in [3.8, 4) is 0 Å². The molecule has 3 N–H and O–H groups in total. The zero-order chi connectivity index (χ0) is 50.6. The van der Waals surface area contributed by atoms with Crippen LogP contribution in [0.5, 0.6) is 0 Å². The molecule has 16 heteroatoms. The minimum Gasteiger partial charge on any atom is -0.456 e. The molecule has 15 nitrogen and oxygen atoms in total. The van der Waals surface area contributed by atoms with Gasteiger partial charge in [-0.3, -0.25) is 19.2 Å². The van der Waals surface area contributed by atoms with Gasteiger partial charge < -0.3 is 43.6 Å². The van der Waals surface area contributed by atoms with Crippen LogP contribution in [0, 0.1) is 16.7 Å². The number of amides is 1. The minimum absolute atomic E-state index is 0.0502. The monoisotopic (exact) mass is 967 g/mol. The fourth-order valence-corrected chi connectivity index (χ4v) is 12.0. The van der Waals surface area contributed by atoms with E-state index in [1.165, 1.54) is 26.0 Å². The average Bonchev–Trinajstić information content (AvgIpc) is 3.28. The molecule has 69 heavy (non-hydrogen) atoms. The van der Waals surface area contributed by atoms with Crippen molar-refractivity contribution >= 4 is 43.9 Å². The third-order valence-electron chi connectivity index (χ3n) is 15.7. The molecular formula is C53H65NO14Si. The molecule has 2 bridgehead atoms. The molecule has 1 unspecified atom stereocenters. The molecule has 1 heterocycles. The van der Waals surface area contributed by atoms with E-state index < -0.39 is 126 Å². The van der Waals surface area contributed by atoms with Crippen LogP contribution in [0.4, 0.5) is 0 Å². The van der Waals surface area contributed by atoms with E-state index in [1.807, 2.05) is 33.9 Å². The van der Waals surface area contributed by atoms with Crippen molar-refractivity contribution in [3.05, 3.63) is 119 Å². The zero-order valence-electron chi connectivity index (χ0n) is 41.2. The molecule has 3 aromatic rings. The number of nitrogens with one attached hydrogen (secondary N) is 1. The maximum atomic E-state index is 15.8. The molecule has 3 aliphatic carbocycles. The molecule has 0 radical (unpaired) electrons. The number of ether oxygens (including phenoxy) is 5. The number of fused-ring (bicyclic) bond motifs is 5. The third kappa shape index (κ3) is 8.98. The van der Waals surface area contributed by atoms with Crippen molar-refractivity contribution in [3.63, 3.8) is 0 Å². The Balaban J connectivity index is 1.44. The number of rotatable bonds is 12. The number of Topliss-reactive ketones (excluding diaryl/α,β-unsaturated/α-hetero) is 1. The quantitative estimate of drug-likeness (QED) is 0.0741. The first-order valence-electron chi connectivity index (χ1n) is 23.4. The van der Waals surface area contributed by atoms with Gasteiger partial charge in [-0.2, -0.15) is 0 Å². The van der Waals surface area contributed by atoms with Crippen molar-refractivity contribution < 1.29 is 67.1 Å². The molecule has 11 atom stereocenters. The Hall–Kier alpha value is -5.52. The largest absolute Gasteiger partial charge is 0.456 e. The molecule has 3 fully saturated rings.